The fraction of sp³-hybridized carbons (Fsp3) is 0.208. The molecule has 0 aromatic heterocycles. The van der Waals surface area contributed by atoms with Crippen molar-refractivity contribution in [1.29, 1.82) is 0 Å². The zero-order chi connectivity index (χ0) is 22.7. The summed E-state index contributed by atoms with van der Waals surface area (Å²) < 4.78 is 5.06. The molecule has 1 unspecified atom stereocenters. The highest BCUT2D eigenvalue weighted by Crippen LogP contribution is 2.45. The second-order valence-corrected chi connectivity index (χ2v) is 8.65. The number of benzene rings is 2. The van der Waals surface area contributed by atoms with Crippen molar-refractivity contribution in [3.63, 3.8) is 0 Å². The predicted molar refractivity (Wildman–Crippen MR) is 127 cm³/mol. The average Bonchev–Trinajstić information content (AvgIpc) is 3.18. The number of allylic oxidation sites excluding steroid dienone is 1. The molecule has 0 spiro atoms. The van der Waals surface area contributed by atoms with Crippen LogP contribution < -0.4 is 5.32 Å². The van der Waals surface area contributed by atoms with Crippen LogP contribution in [0.4, 0.5) is 0 Å². The van der Waals surface area contributed by atoms with Gasteiger partial charge in [0.1, 0.15) is 0 Å². The van der Waals surface area contributed by atoms with Crippen molar-refractivity contribution in [2.24, 2.45) is 4.99 Å². The number of fused-ring (bicyclic) bond motifs is 1. The molecule has 2 heterocycles. The Bertz CT molecular complexity index is 1140. The van der Waals surface area contributed by atoms with Crippen molar-refractivity contribution in [3.8, 4) is 0 Å². The van der Waals surface area contributed by atoms with E-state index in [0.29, 0.717) is 28.0 Å². The van der Waals surface area contributed by atoms with E-state index in [1.807, 2.05) is 58.8 Å². The summed E-state index contributed by atoms with van der Waals surface area (Å²) in [5.41, 5.74) is 3.63. The quantitative estimate of drug-likeness (QED) is 0.618. The number of carbonyl (C=O) groups excluding carboxylic acids is 2. The smallest absolute Gasteiger partial charge is 0.338 e. The van der Waals surface area contributed by atoms with E-state index in [2.05, 4.69) is 10.3 Å². The molecule has 1 atom stereocenters. The number of halogens is 1. The number of carbonyl (C=O) groups is 2. The minimum Gasteiger partial charge on any atom is -0.466 e. The molecule has 0 saturated heterocycles. The molecule has 6 nitrogen and oxygen atoms in total. The first kappa shape index (κ1) is 22.2. The normalized spacial score (nSPS) is 17.5. The van der Waals surface area contributed by atoms with E-state index in [-0.39, 0.29) is 12.3 Å². The molecule has 2 aromatic carbocycles. The molecule has 2 aliphatic rings. The van der Waals surface area contributed by atoms with Gasteiger partial charge in [-0.1, -0.05) is 65.8 Å². The topological polar surface area (TPSA) is 71.0 Å². The predicted octanol–water partition coefficient (Wildman–Crippen LogP) is 4.79. The van der Waals surface area contributed by atoms with Gasteiger partial charge in [0.05, 0.1) is 30.8 Å². The molecular formula is C24H22ClN3O3S. The van der Waals surface area contributed by atoms with Gasteiger partial charge < -0.3 is 15.0 Å². The second kappa shape index (κ2) is 9.63. The molecule has 8 heteroatoms. The summed E-state index contributed by atoms with van der Waals surface area (Å²) in [5, 5.41) is 6.14. The highest BCUT2D eigenvalue weighted by Gasteiger charge is 2.41. The van der Waals surface area contributed by atoms with Gasteiger partial charge in [0.15, 0.2) is 5.17 Å². The number of methoxy groups -OCH3 is 1. The number of amidine groups is 1. The van der Waals surface area contributed by atoms with Gasteiger partial charge in [-0.2, -0.15) is 0 Å². The van der Waals surface area contributed by atoms with Crippen molar-refractivity contribution >= 4 is 40.4 Å². The Morgan fingerprint density at radius 1 is 1.19 bits per heavy atom. The first-order chi connectivity index (χ1) is 15.5. The van der Waals surface area contributed by atoms with Crippen molar-refractivity contribution < 1.29 is 14.3 Å². The number of nitrogens with zero attached hydrogens (tertiary/aromatic N) is 2. The van der Waals surface area contributed by atoms with Gasteiger partial charge in [-0.25, -0.2) is 9.79 Å². The van der Waals surface area contributed by atoms with E-state index < -0.39 is 12.0 Å². The molecule has 0 aliphatic carbocycles. The number of aliphatic imine (C=N–C) groups is 1. The summed E-state index contributed by atoms with van der Waals surface area (Å²) in [6.45, 7) is 2.24. The van der Waals surface area contributed by atoms with E-state index in [1.54, 1.807) is 13.0 Å². The molecule has 4 rings (SSSR count). The van der Waals surface area contributed by atoms with Crippen LogP contribution >= 0.6 is 23.4 Å². The number of esters is 1. The Labute approximate surface area is 196 Å². The van der Waals surface area contributed by atoms with Gasteiger partial charge in [0.2, 0.25) is 5.91 Å². The third-order valence-corrected chi connectivity index (χ3v) is 6.37. The summed E-state index contributed by atoms with van der Waals surface area (Å²) in [6.07, 6.45) is 0.156. The van der Waals surface area contributed by atoms with E-state index in [4.69, 9.17) is 16.3 Å². The second-order valence-electron chi connectivity index (χ2n) is 7.38. The number of nitrogens with one attached hydrogen (secondary N) is 1. The molecule has 1 N–H and O–H groups in total. The lowest BCUT2D eigenvalue weighted by Gasteiger charge is -2.36. The maximum atomic E-state index is 12.7. The van der Waals surface area contributed by atoms with Crippen LogP contribution in [0.5, 0.6) is 0 Å². The number of hydrogen-bond acceptors (Lipinski definition) is 6. The summed E-state index contributed by atoms with van der Waals surface area (Å²) in [6, 6.07) is 16.6. The number of ether oxygens (including phenoxy) is 1. The average molecular weight is 468 g/mol. The minimum absolute atomic E-state index is 0.113. The zero-order valence-electron chi connectivity index (χ0n) is 17.7. The molecule has 1 amide bonds. The number of rotatable bonds is 6. The van der Waals surface area contributed by atoms with Crippen LogP contribution in [-0.2, 0) is 20.9 Å². The molecule has 2 aliphatic heterocycles. The number of hydrogen-bond donors (Lipinski definition) is 1. The molecular weight excluding hydrogens is 446 g/mol. The SMILES string of the molecule is COC(=O)C1=C(C)N=C2SC=C(CC(=O)NCc3ccccc3)N2C1c1cccc(Cl)c1. The van der Waals surface area contributed by atoms with Gasteiger partial charge in [-0.05, 0) is 35.6 Å². The van der Waals surface area contributed by atoms with Crippen LogP contribution in [0.3, 0.4) is 0 Å². The Balaban J connectivity index is 1.61. The molecule has 2 aromatic rings. The molecule has 0 bridgehead atoms. The summed E-state index contributed by atoms with van der Waals surface area (Å²) in [4.78, 5) is 32.0. The largest absolute Gasteiger partial charge is 0.466 e. The fourth-order valence-corrected chi connectivity index (χ4v) is 4.92. The number of thioether (sulfide) groups is 1. The first-order valence-corrected chi connectivity index (χ1v) is 11.3. The molecule has 0 radical (unpaired) electrons. The highest BCUT2D eigenvalue weighted by atomic mass is 35.5. The van der Waals surface area contributed by atoms with E-state index in [1.165, 1.54) is 18.9 Å². The molecule has 0 fully saturated rings. The van der Waals surface area contributed by atoms with Gasteiger partial charge in [-0.3, -0.25) is 4.79 Å². The van der Waals surface area contributed by atoms with Crippen molar-refractivity contribution in [2.75, 3.05) is 7.11 Å². The van der Waals surface area contributed by atoms with E-state index >= 15 is 0 Å². The monoisotopic (exact) mass is 467 g/mol. The lowest BCUT2D eigenvalue weighted by atomic mass is 9.94. The standard InChI is InChI=1S/C24H22ClN3O3S/c1-15-21(23(30)31-2)22(17-9-6-10-18(25)11-17)28-19(14-32-24(28)27-15)12-20(29)26-13-16-7-4-3-5-8-16/h3-11,14,22H,12-13H2,1-2H3,(H,26,29). The molecule has 32 heavy (non-hydrogen) atoms. The van der Waals surface area contributed by atoms with Crippen molar-refractivity contribution in [1.82, 2.24) is 10.2 Å². The maximum Gasteiger partial charge on any atom is 0.338 e. The zero-order valence-corrected chi connectivity index (χ0v) is 19.2. The van der Waals surface area contributed by atoms with Crippen LogP contribution in [0, 0.1) is 0 Å². The minimum atomic E-state index is -0.489. The maximum absolute atomic E-state index is 12.7. The van der Waals surface area contributed by atoms with Crippen LogP contribution in [0.25, 0.3) is 0 Å². The Kier molecular flexibility index (Phi) is 6.67. The lowest BCUT2D eigenvalue weighted by molar-refractivity contribution is -0.136. The van der Waals surface area contributed by atoms with Gasteiger partial charge >= 0.3 is 5.97 Å². The van der Waals surface area contributed by atoms with E-state index in [9.17, 15) is 9.59 Å². The van der Waals surface area contributed by atoms with Crippen LogP contribution in [0.1, 0.15) is 30.5 Å². The lowest BCUT2D eigenvalue weighted by Crippen LogP contribution is -2.37. The number of amides is 1. The van der Waals surface area contributed by atoms with Crippen LogP contribution in [0.2, 0.25) is 5.02 Å². The van der Waals surface area contributed by atoms with Crippen LogP contribution in [0.15, 0.2) is 82.0 Å². The Hall–Kier alpha value is -3.03. The third-order valence-electron chi connectivity index (χ3n) is 5.24. The Morgan fingerprint density at radius 3 is 2.69 bits per heavy atom. The van der Waals surface area contributed by atoms with Gasteiger partial charge in [0.25, 0.3) is 0 Å². The third kappa shape index (κ3) is 4.59. The van der Waals surface area contributed by atoms with Crippen molar-refractivity contribution in [2.45, 2.75) is 25.9 Å². The highest BCUT2D eigenvalue weighted by molar-refractivity contribution is 8.16. The van der Waals surface area contributed by atoms with Gasteiger partial charge in [0, 0.05) is 17.3 Å². The fourth-order valence-electron chi connectivity index (χ4n) is 3.76. The van der Waals surface area contributed by atoms with Crippen LogP contribution in [-0.4, -0.2) is 29.1 Å². The van der Waals surface area contributed by atoms with Crippen molar-refractivity contribution in [3.05, 3.63) is 93.1 Å². The first-order valence-electron chi connectivity index (χ1n) is 10.1. The van der Waals surface area contributed by atoms with Gasteiger partial charge in [-0.15, -0.1) is 0 Å². The summed E-state index contributed by atoms with van der Waals surface area (Å²) in [7, 11) is 1.35. The summed E-state index contributed by atoms with van der Waals surface area (Å²) >= 11 is 7.69. The van der Waals surface area contributed by atoms with E-state index in [0.717, 1.165) is 16.8 Å². The summed E-state index contributed by atoms with van der Waals surface area (Å²) in [5.74, 6) is -0.572. The molecule has 164 valence electrons. The molecule has 0 saturated carbocycles. The Morgan fingerprint density at radius 2 is 1.97 bits per heavy atom.